The molecule has 1 atom stereocenters. The number of benzene rings is 4. The van der Waals surface area contributed by atoms with E-state index in [0.717, 1.165) is 44.3 Å². The second-order valence-electron chi connectivity index (χ2n) is 10.9. The first-order valence-electron chi connectivity index (χ1n) is 13.8. The van der Waals surface area contributed by atoms with Crippen molar-refractivity contribution >= 4 is 28.3 Å². The van der Waals surface area contributed by atoms with E-state index in [2.05, 4.69) is 44.1 Å². The predicted molar refractivity (Wildman–Crippen MR) is 157 cm³/mol. The van der Waals surface area contributed by atoms with Gasteiger partial charge >= 0.3 is 0 Å². The number of rotatable bonds is 6. The Morgan fingerprint density at radius 1 is 0.976 bits per heavy atom. The summed E-state index contributed by atoms with van der Waals surface area (Å²) < 4.78 is 0. The number of nitrogens with zero attached hydrogens (tertiary/aromatic N) is 4. The predicted octanol–water partition coefficient (Wildman–Crippen LogP) is 4.14. The largest absolute Gasteiger partial charge is 0.343 e. The van der Waals surface area contributed by atoms with E-state index >= 15 is 0 Å². The maximum atomic E-state index is 14.0. The van der Waals surface area contributed by atoms with Crippen LogP contribution in [0.5, 0.6) is 0 Å². The average molecular weight is 544 g/mol. The van der Waals surface area contributed by atoms with Crippen molar-refractivity contribution in [2.24, 2.45) is 5.73 Å². The lowest BCUT2D eigenvalue weighted by atomic mass is 9.97. The molecule has 0 bridgehead atoms. The van der Waals surface area contributed by atoms with Crippen molar-refractivity contribution in [2.75, 3.05) is 4.90 Å². The number of aryl methyl sites for hydroxylation is 1. The first-order valence-corrected chi connectivity index (χ1v) is 13.8. The fourth-order valence-electron chi connectivity index (χ4n) is 5.70. The number of carbonyl (C=O) groups excluding carboxylic acids is 2. The molecule has 2 heterocycles. The van der Waals surface area contributed by atoms with Gasteiger partial charge in [0.1, 0.15) is 6.04 Å². The molecule has 1 aromatic heterocycles. The Labute approximate surface area is 236 Å². The molecule has 9 heteroatoms. The summed E-state index contributed by atoms with van der Waals surface area (Å²) in [5.74, 6) is 0.168. The molecule has 0 unspecified atom stereocenters. The van der Waals surface area contributed by atoms with Gasteiger partial charge in [-0.3, -0.25) is 9.59 Å². The molecule has 1 aliphatic carbocycles. The van der Waals surface area contributed by atoms with Crippen LogP contribution in [-0.2, 0) is 22.6 Å². The third-order valence-corrected chi connectivity index (χ3v) is 8.22. The molecule has 2 aliphatic rings. The van der Waals surface area contributed by atoms with Gasteiger partial charge in [-0.05, 0) is 70.0 Å². The van der Waals surface area contributed by atoms with Crippen LogP contribution < -0.4 is 16.0 Å². The summed E-state index contributed by atoms with van der Waals surface area (Å²) in [6.45, 7) is 0.372. The van der Waals surface area contributed by atoms with Gasteiger partial charge in [-0.25, -0.2) is 0 Å². The highest BCUT2D eigenvalue weighted by molar-refractivity contribution is 6.04. The summed E-state index contributed by atoms with van der Waals surface area (Å²) in [6, 6.07) is 27.7. The highest BCUT2D eigenvalue weighted by Gasteiger charge is 2.47. The van der Waals surface area contributed by atoms with Crippen LogP contribution in [0.25, 0.3) is 33.3 Å². The molecule has 1 aliphatic heterocycles. The van der Waals surface area contributed by atoms with Crippen LogP contribution >= 0.6 is 0 Å². The first-order chi connectivity index (χ1) is 20.0. The van der Waals surface area contributed by atoms with Crippen LogP contribution in [-0.4, -0.2) is 44.0 Å². The minimum atomic E-state index is -0.843. The summed E-state index contributed by atoms with van der Waals surface area (Å²) in [6.07, 6.45) is 2.49. The molecular weight excluding hydrogens is 514 g/mol. The number of aromatic amines is 1. The van der Waals surface area contributed by atoms with Gasteiger partial charge in [0.05, 0.1) is 12.1 Å². The van der Waals surface area contributed by atoms with Crippen LogP contribution in [0.15, 0.2) is 84.9 Å². The van der Waals surface area contributed by atoms with E-state index in [1.54, 1.807) is 0 Å². The summed E-state index contributed by atoms with van der Waals surface area (Å²) in [5.41, 5.74) is 11.2. The number of amides is 2. The van der Waals surface area contributed by atoms with Crippen LogP contribution in [0.4, 0.5) is 5.69 Å². The van der Waals surface area contributed by atoms with E-state index in [0.29, 0.717) is 38.1 Å². The van der Waals surface area contributed by atoms with Gasteiger partial charge in [-0.1, -0.05) is 78.9 Å². The number of anilines is 1. The third-order valence-electron chi connectivity index (χ3n) is 8.22. The molecule has 41 heavy (non-hydrogen) atoms. The summed E-state index contributed by atoms with van der Waals surface area (Å²) in [4.78, 5) is 28.7. The second-order valence-corrected chi connectivity index (χ2v) is 10.9. The van der Waals surface area contributed by atoms with Crippen molar-refractivity contribution in [3.8, 4) is 22.5 Å². The fraction of sp³-hybridized carbons (Fsp3) is 0.219. The lowest BCUT2D eigenvalue weighted by Crippen LogP contribution is -2.53. The SMILES string of the molecule is NC1(C(=O)N[C@@H]2CCc3c(ccc4ccccc34)N(Cc3ccc(-c4ccccc4-c4nn[nH]n4)cc3)C2=O)CC1. The number of nitrogens with two attached hydrogens (primary N) is 1. The molecule has 1 saturated carbocycles. The molecule has 1 fully saturated rings. The van der Waals surface area contributed by atoms with E-state index in [1.165, 1.54) is 0 Å². The lowest BCUT2D eigenvalue weighted by Gasteiger charge is -2.27. The highest BCUT2D eigenvalue weighted by atomic mass is 16.2. The Bertz CT molecular complexity index is 1760. The van der Waals surface area contributed by atoms with Crippen LogP contribution in [0, 0.1) is 0 Å². The third kappa shape index (κ3) is 4.64. The molecule has 7 rings (SSSR count). The topological polar surface area (TPSA) is 130 Å². The molecule has 9 nitrogen and oxygen atoms in total. The molecule has 0 radical (unpaired) electrons. The van der Waals surface area contributed by atoms with Crippen molar-refractivity contribution in [3.63, 3.8) is 0 Å². The minimum absolute atomic E-state index is 0.122. The second kappa shape index (κ2) is 9.94. The number of aromatic nitrogens is 4. The molecular formula is C32H29N7O2. The van der Waals surface area contributed by atoms with E-state index in [4.69, 9.17) is 5.73 Å². The van der Waals surface area contributed by atoms with Crippen molar-refractivity contribution in [2.45, 2.75) is 43.8 Å². The Morgan fingerprint density at radius 3 is 2.49 bits per heavy atom. The van der Waals surface area contributed by atoms with Crippen molar-refractivity contribution in [1.82, 2.24) is 25.9 Å². The zero-order valence-corrected chi connectivity index (χ0v) is 22.4. The highest BCUT2D eigenvalue weighted by Crippen LogP contribution is 2.36. The number of fused-ring (bicyclic) bond motifs is 3. The van der Waals surface area contributed by atoms with Crippen LogP contribution in [0.3, 0.4) is 0 Å². The van der Waals surface area contributed by atoms with Gasteiger partial charge in [0.25, 0.3) is 0 Å². The Morgan fingerprint density at radius 2 is 1.73 bits per heavy atom. The van der Waals surface area contributed by atoms with E-state index in [1.807, 2.05) is 71.6 Å². The summed E-state index contributed by atoms with van der Waals surface area (Å²) in [7, 11) is 0. The molecule has 0 saturated heterocycles. The van der Waals surface area contributed by atoms with Crippen molar-refractivity contribution in [1.29, 1.82) is 0 Å². The minimum Gasteiger partial charge on any atom is -0.343 e. The smallest absolute Gasteiger partial charge is 0.249 e. The maximum absolute atomic E-state index is 14.0. The number of carbonyl (C=O) groups is 2. The van der Waals surface area contributed by atoms with Crippen molar-refractivity contribution in [3.05, 3.63) is 96.1 Å². The van der Waals surface area contributed by atoms with E-state index in [-0.39, 0.29) is 11.8 Å². The molecule has 5 aromatic rings. The molecule has 2 amide bonds. The zero-order chi connectivity index (χ0) is 28.0. The monoisotopic (exact) mass is 543 g/mol. The van der Waals surface area contributed by atoms with Crippen LogP contribution in [0.2, 0.25) is 0 Å². The number of hydrogen-bond donors (Lipinski definition) is 3. The van der Waals surface area contributed by atoms with Gasteiger partial charge in [-0.2, -0.15) is 5.21 Å². The van der Waals surface area contributed by atoms with Gasteiger partial charge in [0.2, 0.25) is 17.6 Å². The Balaban J connectivity index is 1.23. The lowest BCUT2D eigenvalue weighted by molar-refractivity contribution is -0.129. The normalized spacial score (nSPS) is 17.6. The summed E-state index contributed by atoms with van der Waals surface area (Å²) >= 11 is 0. The van der Waals surface area contributed by atoms with E-state index < -0.39 is 11.6 Å². The van der Waals surface area contributed by atoms with E-state index in [9.17, 15) is 9.59 Å². The zero-order valence-electron chi connectivity index (χ0n) is 22.4. The number of hydrogen-bond acceptors (Lipinski definition) is 6. The molecule has 204 valence electrons. The molecule has 4 aromatic carbocycles. The Kier molecular flexibility index (Phi) is 6.09. The van der Waals surface area contributed by atoms with Gasteiger partial charge in [0.15, 0.2) is 0 Å². The van der Waals surface area contributed by atoms with Gasteiger partial charge < -0.3 is 16.0 Å². The quantitative estimate of drug-likeness (QED) is 0.295. The standard InChI is InChI=1S/C32H29N7O2/c33-32(17-18-32)31(41)34-27-15-14-25-23-6-2-1-5-21(23)13-16-28(25)39(30(27)40)19-20-9-11-22(12-10-20)24-7-3-4-8-26(24)29-35-37-38-36-29/h1-13,16,27H,14-15,17-19,33H2,(H,34,41)(H,35,36,37,38)/t27-/m1/s1. The number of tetrazole rings is 1. The number of nitrogens with one attached hydrogen (secondary N) is 2. The van der Waals surface area contributed by atoms with Gasteiger partial charge in [0, 0.05) is 11.3 Å². The summed E-state index contributed by atoms with van der Waals surface area (Å²) in [5, 5.41) is 19.7. The fourth-order valence-corrected chi connectivity index (χ4v) is 5.70. The number of H-pyrrole nitrogens is 1. The average Bonchev–Trinajstić information content (AvgIpc) is 3.56. The maximum Gasteiger partial charge on any atom is 0.249 e. The Hall–Kier alpha value is -4.89. The van der Waals surface area contributed by atoms with Crippen molar-refractivity contribution < 1.29 is 9.59 Å². The molecule has 4 N–H and O–H groups in total. The van der Waals surface area contributed by atoms with Gasteiger partial charge in [-0.15, -0.1) is 10.2 Å². The van der Waals surface area contributed by atoms with Crippen LogP contribution in [0.1, 0.15) is 30.4 Å². The first kappa shape index (κ1) is 25.1. The molecule has 0 spiro atoms.